The van der Waals surface area contributed by atoms with Crippen LogP contribution < -0.4 is 0 Å². The second-order valence-corrected chi connectivity index (χ2v) is 8.23. The number of nitrogens with one attached hydrogen (secondary N) is 1. The molecule has 138 valence electrons. The average Bonchev–Trinajstić information content (AvgIpc) is 3.31. The number of benzene rings is 1. The van der Waals surface area contributed by atoms with Gasteiger partial charge in [0.15, 0.2) is 0 Å². The molecule has 9 heteroatoms. The van der Waals surface area contributed by atoms with E-state index in [1.54, 1.807) is 30.6 Å². The molecule has 3 aromatic heterocycles. The van der Waals surface area contributed by atoms with E-state index < -0.39 is 10.0 Å². The first kappa shape index (κ1) is 17.4. The predicted molar refractivity (Wildman–Crippen MR) is 99.2 cm³/mol. The van der Waals surface area contributed by atoms with Gasteiger partial charge in [-0.25, -0.2) is 13.4 Å². The third kappa shape index (κ3) is 3.22. The predicted octanol–water partition coefficient (Wildman–Crippen LogP) is 2.74. The molecule has 27 heavy (non-hydrogen) atoms. The number of fused-ring (bicyclic) bond motifs is 1. The number of sulfonamides is 1. The van der Waals surface area contributed by atoms with Gasteiger partial charge in [0.1, 0.15) is 16.9 Å². The number of hydrogen-bond donors (Lipinski definition) is 1. The molecule has 0 spiro atoms. The van der Waals surface area contributed by atoms with Gasteiger partial charge in [-0.1, -0.05) is 6.07 Å². The van der Waals surface area contributed by atoms with E-state index in [1.807, 2.05) is 19.1 Å². The number of H-pyrrole nitrogens is 1. The first-order chi connectivity index (χ1) is 12.9. The molecule has 0 unspecified atom stereocenters. The third-order valence-corrected chi connectivity index (χ3v) is 5.99. The summed E-state index contributed by atoms with van der Waals surface area (Å²) in [5.74, 6) is 0.350. The van der Waals surface area contributed by atoms with E-state index in [2.05, 4.69) is 20.2 Å². The Hall–Kier alpha value is -3.04. The Morgan fingerprint density at radius 2 is 2.11 bits per heavy atom. The first-order valence-electron chi connectivity index (χ1n) is 8.21. The Morgan fingerprint density at radius 3 is 2.89 bits per heavy atom. The quantitative estimate of drug-likeness (QED) is 0.568. The number of rotatable bonds is 5. The van der Waals surface area contributed by atoms with Crippen LogP contribution in [0.2, 0.25) is 0 Å². The van der Waals surface area contributed by atoms with Crippen LogP contribution >= 0.6 is 0 Å². The zero-order valence-corrected chi connectivity index (χ0v) is 15.6. The van der Waals surface area contributed by atoms with Crippen LogP contribution in [0, 0.1) is 6.92 Å². The molecule has 0 aliphatic heterocycles. The molecule has 3 heterocycles. The number of aromatic nitrogens is 4. The van der Waals surface area contributed by atoms with Gasteiger partial charge in [-0.2, -0.15) is 9.40 Å². The van der Waals surface area contributed by atoms with Gasteiger partial charge in [0.25, 0.3) is 0 Å². The van der Waals surface area contributed by atoms with E-state index in [9.17, 15) is 8.42 Å². The van der Waals surface area contributed by atoms with Crippen LogP contribution in [0.1, 0.15) is 11.3 Å². The van der Waals surface area contributed by atoms with E-state index in [-0.39, 0.29) is 11.4 Å². The van der Waals surface area contributed by atoms with Gasteiger partial charge in [-0.05, 0) is 36.8 Å². The zero-order valence-electron chi connectivity index (χ0n) is 14.7. The highest BCUT2D eigenvalue weighted by molar-refractivity contribution is 7.89. The van der Waals surface area contributed by atoms with Crippen LogP contribution in [0.3, 0.4) is 0 Å². The molecular weight excluding hydrogens is 366 g/mol. The lowest BCUT2D eigenvalue weighted by Gasteiger charge is -2.16. The average molecular weight is 383 g/mol. The monoisotopic (exact) mass is 383 g/mol. The van der Waals surface area contributed by atoms with Gasteiger partial charge >= 0.3 is 0 Å². The summed E-state index contributed by atoms with van der Waals surface area (Å²) < 4.78 is 32.8. The summed E-state index contributed by atoms with van der Waals surface area (Å²) in [7, 11) is -2.24. The van der Waals surface area contributed by atoms with Crippen molar-refractivity contribution in [2.75, 3.05) is 7.05 Å². The molecule has 0 amide bonds. The van der Waals surface area contributed by atoms with Crippen LogP contribution in [0.5, 0.6) is 0 Å². The Kier molecular flexibility index (Phi) is 4.25. The number of pyridine rings is 1. The molecule has 0 saturated carbocycles. The van der Waals surface area contributed by atoms with Crippen molar-refractivity contribution < 1.29 is 12.8 Å². The molecule has 0 bridgehead atoms. The van der Waals surface area contributed by atoms with Crippen LogP contribution in [-0.4, -0.2) is 39.9 Å². The molecule has 1 aromatic carbocycles. The van der Waals surface area contributed by atoms with Gasteiger partial charge in [0.2, 0.25) is 15.9 Å². The van der Waals surface area contributed by atoms with Crippen molar-refractivity contribution in [3.05, 3.63) is 60.2 Å². The van der Waals surface area contributed by atoms with E-state index in [1.165, 1.54) is 17.6 Å². The molecule has 8 nitrogen and oxygen atoms in total. The SMILES string of the molecule is Cc1cc(S(=O)(=O)N(C)Cc2coc(-c3ccccn3)n2)c2[nH]ncc2c1. The van der Waals surface area contributed by atoms with Crippen molar-refractivity contribution in [2.45, 2.75) is 18.4 Å². The van der Waals surface area contributed by atoms with Crippen LogP contribution in [0.4, 0.5) is 0 Å². The number of hydrogen-bond acceptors (Lipinski definition) is 6. The molecule has 0 aliphatic rings. The lowest BCUT2D eigenvalue weighted by molar-refractivity contribution is 0.461. The van der Waals surface area contributed by atoms with Gasteiger partial charge in [-0.3, -0.25) is 10.1 Å². The molecule has 4 rings (SSSR count). The maximum absolute atomic E-state index is 13.1. The lowest BCUT2D eigenvalue weighted by Crippen LogP contribution is -2.27. The Bertz CT molecular complexity index is 1200. The molecule has 0 aliphatic carbocycles. The second kappa shape index (κ2) is 6.60. The van der Waals surface area contributed by atoms with Crippen molar-refractivity contribution in [3.8, 4) is 11.6 Å². The van der Waals surface area contributed by atoms with Gasteiger partial charge in [0, 0.05) is 18.6 Å². The Balaban J connectivity index is 1.63. The van der Waals surface area contributed by atoms with Crippen molar-refractivity contribution in [1.82, 2.24) is 24.5 Å². The van der Waals surface area contributed by atoms with E-state index in [4.69, 9.17) is 4.42 Å². The number of aryl methyl sites for hydroxylation is 1. The third-order valence-electron chi connectivity index (χ3n) is 4.17. The van der Waals surface area contributed by atoms with E-state index in [0.717, 1.165) is 10.9 Å². The largest absolute Gasteiger partial charge is 0.443 e. The van der Waals surface area contributed by atoms with Crippen molar-refractivity contribution in [1.29, 1.82) is 0 Å². The topological polar surface area (TPSA) is 105 Å². The van der Waals surface area contributed by atoms with E-state index in [0.29, 0.717) is 22.8 Å². The van der Waals surface area contributed by atoms with Crippen LogP contribution in [-0.2, 0) is 16.6 Å². The van der Waals surface area contributed by atoms with Crippen LogP contribution in [0.15, 0.2) is 58.3 Å². The normalized spacial score (nSPS) is 12.1. The Labute approximate surface area is 155 Å². The van der Waals surface area contributed by atoms with E-state index >= 15 is 0 Å². The minimum atomic E-state index is -3.75. The maximum atomic E-state index is 13.1. The summed E-state index contributed by atoms with van der Waals surface area (Å²) in [6, 6.07) is 8.92. The highest BCUT2D eigenvalue weighted by Crippen LogP contribution is 2.26. The minimum absolute atomic E-state index is 0.0717. The molecular formula is C18H17N5O3S. The number of oxazole rings is 1. The first-order valence-corrected chi connectivity index (χ1v) is 9.65. The molecule has 0 atom stereocenters. The highest BCUT2D eigenvalue weighted by atomic mass is 32.2. The fourth-order valence-corrected chi connectivity index (χ4v) is 4.23. The number of aromatic amines is 1. The minimum Gasteiger partial charge on any atom is -0.443 e. The van der Waals surface area contributed by atoms with Crippen molar-refractivity contribution in [2.24, 2.45) is 0 Å². The van der Waals surface area contributed by atoms with Gasteiger partial charge in [-0.15, -0.1) is 0 Å². The summed E-state index contributed by atoms with van der Waals surface area (Å²) in [4.78, 5) is 8.70. The van der Waals surface area contributed by atoms with Gasteiger partial charge in [0.05, 0.1) is 24.0 Å². The summed E-state index contributed by atoms with van der Waals surface area (Å²) in [6.07, 6.45) is 4.69. The number of nitrogens with zero attached hydrogens (tertiary/aromatic N) is 4. The fourth-order valence-electron chi connectivity index (χ4n) is 2.84. The van der Waals surface area contributed by atoms with Crippen molar-refractivity contribution >= 4 is 20.9 Å². The zero-order chi connectivity index (χ0) is 19.0. The Morgan fingerprint density at radius 1 is 1.26 bits per heavy atom. The standard InChI is InChI=1S/C18H17N5O3S/c1-12-7-13-9-20-22-17(13)16(8-12)27(24,25)23(2)10-14-11-26-18(21-14)15-5-3-4-6-19-15/h3-9,11H,10H2,1-2H3,(H,20,22). The summed E-state index contributed by atoms with van der Waals surface area (Å²) in [6.45, 7) is 1.92. The van der Waals surface area contributed by atoms with Crippen LogP contribution in [0.25, 0.3) is 22.5 Å². The fraction of sp³-hybridized carbons (Fsp3) is 0.167. The molecule has 0 fully saturated rings. The lowest BCUT2D eigenvalue weighted by atomic mass is 10.2. The molecule has 0 saturated heterocycles. The highest BCUT2D eigenvalue weighted by Gasteiger charge is 2.25. The summed E-state index contributed by atoms with van der Waals surface area (Å²) in [5, 5.41) is 7.47. The van der Waals surface area contributed by atoms with Crippen molar-refractivity contribution in [3.63, 3.8) is 0 Å². The van der Waals surface area contributed by atoms with Gasteiger partial charge < -0.3 is 4.42 Å². The molecule has 0 radical (unpaired) electrons. The smallest absolute Gasteiger partial charge is 0.245 e. The second-order valence-electron chi connectivity index (χ2n) is 6.22. The molecule has 1 N–H and O–H groups in total. The molecule has 4 aromatic rings. The maximum Gasteiger partial charge on any atom is 0.245 e. The summed E-state index contributed by atoms with van der Waals surface area (Å²) >= 11 is 0. The summed E-state index contributed by atoms with van der Waals surface area (Å²) in [5.41, 5.74) is 2.42.